The summed E-state index contributed by atoms with van der Waals surface area (Å²) in [5.74, 6) is -2.06. The van der Waals surface area contributed by atoms with Gasteiger partial charge < -0.3 is 9.90 Å². The number of carboxylic acids is 1. The van der Waals surface area contributed by atoms with Gasteiger partial charge in [-0.25, -0.2) is 0 Å². The van der Waals surface area contributed by atoms with Gasteiger partial charge in [-0.05, 0) is 23.4 Å². The maximum atomic E-state index is 11.8. The summed E-state index contributed by atoms with van der Waals surface area (Å²) < 4.78 is 0. The van der Waals surface area contributed by atoms with Crippen LogP contribution in [0.25, 0.3) is 6.08 Å². The molecule has 6 heteroatoms. The number of rotatable bonds is 3. The molecule has 1 saturated heterocycles. The Balaban J connectivity index is 2.23. The van der Waals surface area contributed by atoms with Gasteiger partial charge in [-0.1, -0.05) is 30.3 Å². The number of thioether (sulfide) groups is 1. The first-order valence-electron chi connectivity index (χ1n) is 5.08. The van der Waals surface area contributed by atoms with Gasteiger partial charge in [-0.15, -0.1) is 0 Å². The molecule has 0 aromatic heterocycles. The zero-order chi connectivity index (χ0) is 13.1. The smallest absolute Gasteiger partial charge is 0.293 e. The van der Waals surface area contributed by atoms with Crippen LogP contribution < -0.4 is 5.11 Å². The van der Waals surface area contributed by atoms with Crippen molar-refractivity contribution >= 4 is 35.0 Å². The molecule has 1 fully saturated rings. The van der Waals surface area contributed by atoms with Crippen LogP contribution in [0.1, 0.15) is 5.56 Å². The summed E-state index contributed by atoms with van der Waals surface area (Å²) in [7, 11) is 0. The molecule has 0 unspecified atom stereocenters. The lowest BCUT2D eigenvalue weighted by molar-refractivity contribution is -0.305. The normalized spacial score (nSPS) is 17.6. The van der Waals surface area contributed by atoms with E-state index in [1.165, 1.54) is 0 Å². The highest BCUT2D eigenvalue weighted by atomic mass is 32.2. The predicted octanol–water partition coefficient (Wildman–Crippen LogP) is 0.473. The van der Waals surface area contributed by atoms with Crippen molar-refractivity contribution in [2.45, 2.75) is 0 Å². The lowest BCUT2D eigenvalue weighted by Crippen LogP contribution is -2.40. The molecular weight excluding hydrogens is 254 g/mol. The van der Waals surface area contributed by atoms with Crippen LogP contribution in [0.2, 0.25) is 0 Å². The molecule has 2 rings (SSSR count). The maximum Gasteiger partial charge on any atom is 0.293 e. The minimum absolute atomic E-state index is 0.215. The average Bonchev–Trinajstić information content (AvgIpc) is 2.58. The third kappa shape index (κ3) is 2.60. The van der Waals surface area contributed by atoms with Crippen molar-refractivity contribution in [1.29, 1.82) is 0 Å². The fourth-order valence-corrected chi connectivity index (χ4v) is 2.30. The molecule has 1 heterocycles. The predicted molar refractivity (Wildman–Crippen MR) is 64.1 cm³/mol. The molecule has 0 atom stereocenters. The first-order chi connectivity index (χ1) is 8.58. The van der Waals surface area contributed by atoms with Crippen LogP contribution in [0.3, 0.4) is 0 Å². The monoisotopic (exact) mass is 262 g/mol. The van der Waals surface area contributed by atoms with Gasteiger partial charge in [0.05, 0.1) is 17.4 Å². The fourth-order valence-electron chi connectivity index (χ4n) is 1.47. The molecule has 5 nitrogen and oxygen atoms in total. The van der Waals surface area contributed by atoms with Crippen molar-refractivity contribution in [3.63, 3.8) is 0 Å². The number of hydrogen-bond acceptors (Lipinski definition) is 5. The summed E-state index contributed by atoms with van der Waals surface area (Å²) in [5.41, 5.74) is 0.774. The zero-order valence-electron chi connectivity index (χ0n) is 9.16. The molecule has 1 aromatic carbocycles. The third-order valence-corrected chi connectivity index (χ3v) is 3.17. The molecule has 0 saturated carbocycles. The Morgan fingerprint density at radius 3 is 2.56 bits per heavy atom. The van der Waals surface area contributed by atoms with E-state index in [1.807, 2.05) is 6.07 Å². The van der Waals surface area contributed by atoms with Gasteiger partial charge in [0, 0.05) is 0 Å². The Morgan fingerprint density at radius 2 is 1.94 bits per heavy atom. The zero-order valence-corrected chi connectivity index (χ0v) is 9.98. The number of imide groups is 1. The molecule has 1 aliphatic heterocycles. The summed E-state index contributed by atoms with van der Waals surface area (Å²) in [6.45, 7) is -0.712. The Morgan fingerprint density at radius 1 is 1.28 bits per heavy atom. The van der Waals surface area contributed by atoms with Crippen molar-refractivity contribution in [1.82, 2.24) is 4.90 Å². The van der Waals surface area contributed by atoms with Gasteiger partial charge in [0.25, 0.3) is 11.1 Å². The van der Waals surface area contributed by atoms with E-state index >= 15 is 0 Å². The first kappa shape index (κ1) is 12.4. The molecule has 18 heavy (non-hydrogen) atoms. The molecule has 0 N–H and O–H groups in total. The topological polar surface area (TPSA) is 77.5 Å². The molecule has 2 amide bonds. The average molecular weight is 262 g/mol. The van der Waals surface area contributed by atoms with Crippen LogP contribution in [0.5, 0.6) is 0 Å². The van der Waals surface area contributed by atoms with E-state index in [0.29, 0.717) is 4.90 Å². The number of amides is 2. The molecular formula is C12H8NO4S-. The SMILES string of the molecule is O=C([O-])CN1C(=O)S/C(=C\c2ccccc2)C1=O. The van der Waals surface area contributed by atoms with E-state index in [9.17, 15) is 19.5 Å². The molecule has 1 aliphatic rings. The lowest BCUT2D eigenvalue weighted by atomic mass is 10.2. The van der Waals surface area contributed by atoms with Crippen molar-refractivity contribution < 1.29 is 19.5 Å². The Labute approximate surface area is 107 Å². The van der Waals surface area contributed by atoms with Crippen LogP contribution in [-0.4, -0.2) is 28.6 Å². The van der Waals surface area contributed by atoms with Gasteiger partial charge in [0.2, 0.25) is 0 Å². The summed E-state index contributed by atoms with van der Waals surface area (Å²) in [6.07, 6.45) is 1.56. The molecule has 0 bridgehead atoms. The molecule has 0 spiro atoms. The van der Waals surface area contributed by atoms with Crippen molar-refractivity contribution in [3.8, 4) is 0 Å². The van der Waals surface area contributed by atoms with Crippen LogP contribution in [-0.2, 0) is 9.59 Å². The number of carbonyl (C=O) groups is 3. The Hall–Kier alpha value is -2.08. The third-order valence-electron chi connectivity index (χ3n) is 2.26. The number of aliphatic carboxylic acids is 1. The van der Waals surface area contributed by atoms with Gasteiger partial charge in [0.1, 0.15) is 0 Å². The fraction of sp³-hybridized carbons (Fsp3) is 0.0833. The second-order valence-electron chi connectivity index (χ2n) is 3.55. The number of nitrogens with zero attached hydrogens (tertiary/aromatic N) is 1. The summed E-state index contributed by atoms with van der Waals surface area (Å²) in [5, 5.41) is 9.83. The largest absolute Gasteiger partial charge is 0.548 e. The van der Waals surface area contributed by atoms with Gasteiger partial charge in [-0.2, -0.15) is 0 Å². The van der Waals surface area contributed by atoms with Gasteiger partial charge >= 0.3 is 0 Å². The van der Waals surface area contributed by atoms with E-state index in [-0.39, 0.29) is 4.91 Å². The van der Waals surface area contributed by atoms with E-state index in [4.69, 9.17) is 0 Å². The van der Waals surface area contributed by atoms with Crippen molar-refractivity contribution in [2.75, 3.05) is 6.54 Å². The molecule has 1 aromatic rings. The van der Waals surface area contributed by atoms with Crippen LogP contribution in [0, 0.1) is 0 Å². The number of carbonyl (C=O) groups excluding carboxylic acids is 3. The van der Waals surface area contributed by atoms with Crippen molar-refractivity contribution in [2.24, 2.45) is 0 Å². The summed E-state index contributed by atoms with van der Waals surface area (Å²) >= 11 is 0.726. The maximum absolute atomic E-state index is 11.8. The second kappa shape index (κ2) is 5.05. The minimum Gasteiger partial charge on any atom is -0.548 e. The van der Waals surface area contributed by atoms with E-state index in [2.05, 4.69) is 0 Å². The van der Waals surface area contributed by atoms with Gasteiger partial charge in [0.15, 0.2) is 0 Å². The standard InChI is InChI=1S/C12H9NO4S/c14-10(15)7-13-11(16)9(18-12(13)17)6-8-4-2-1-3-5-8/h1-6H,7H2,(H,14,15)/p-1/b9-6-. The van der Waals surface area contributed by atoms with E-state index in [1.54, 1.807) is 30.3 Å². The number of benzene rings is 1. The van der Waals surface area contributed by atoms with E-state index < -0.39 is 23.7 Å². The van der Waals surface area contributed by atoms with E-state index in [0.717, 1.165) is 17.3 Å². The highest BCUT2D eigenvalue weighted by Crippen LogP contribution is 2.31. The first-order valence-corrected chi connectivity index (χ1v) is 5.90. The lowest BCUT2D eigenvalue weighted by Gasteiger charge is -2.12. The Bertz CT molecular complexity index is 538. The Kier molecular flexibility index (Phi) is 3.47. The second-order valence-corrected chi connectivity index (χ2v) is 4.54. The van der Waals surface area contributed by atoms with Crippen LogP contribution in [0.15, 0.2) is 35.2 Å². The minimum atomic E-state index is -1.46. The molecule has 0 radical (unpaired) electrons. The van der Waals surface area contributed by atoms with Crippen LogP contribution in [0.4, 0.5) is 4.79 Å². The number of carboxylic acid groups (broad SMARTS) is 1. The van der Waals surface area contributed by atoms with Crippen molar-refractivity contribution in [3.05, 3.63) is 40.8 Å². The molecule has 92 valence electrons. The quantitative estimate of drug-likeness (QED) is 0.740. The highest BCUT2D eigenvalue weighted by molar-refractivity contribution is 8.18. The van der Waals surface area contributed by atoms with Gasteiger partial charge in [-0.3, -0.25) is 14.5 Å². The number of hydrogen-bond donors (Lipinski definition) is 0. The summed E-state index contributed by atoms with van der Waals surface area (Å²) in [4.78, 5) is 34.5. The summed E-state index contributed by atoms with van der Waals surface area (Å²) in [6, 6.07) is 9.01. The molecule has 0 aliphatic carbocycles. The highest BCUT2D eigenvalue weighted by Gasteiger charge is 2.34. The van der Waals surface area contributed by atoms with Crippen LogP contribution >= 0.6 is 11.8 Å².